The average molecular weight is 328 g/mol. The minimum atomic E-state index is -0.123. The molecular formula is C20H25FN2O. The molecule has 1 aliphatic heterocycles. The van der Waals surface area contributed by atoms with E-state index in [-0.39, 0.29) is 5.82 Å². The number of rotatable bonds is 7. The molecule has 0 atom stereocenters. The summed E-state index contributed by atoms with van der Waals surface area (Å²) in [7, 11) is 1.70. The maximum Gasteiger partial charge on any atom is 0.129 e. The first kappa shape index (κ1) is 16.9. The predicted octanol–water partition coefficient (Wildman–Crippen LogP) is 3.86. The highest BCUT2D eigenvalue weighted by molar-refractivity contribution is 5.54. The number of halogens is 1. The molecule has 2 aromatic rings. The third kappa shape index (κ3) is 4.13. The molecule has 1 aliphatic rings. The van der Waals surface area contributed by atoms with Crippen molar-refractivity contribution in [2.75, 3.05) is 25.1 Å². The van der Waals surface area contributed by atoms with Crippen LogP contribution in [0.2, 0.25) is 0 Å². The molecule has 2 aromatic carbocycles. The lowest BCUT2D eigenvalue weighted by atomic mass is 10.1. The van der Waals surface area contributed by atoms with Gasteiger partial charge in [0.1, 0.15) is 5.82 Å². The number of methoxy groups -OCH3 is 1. The Morgan fingerprint density at radius 2 is 1.71 bits per heavy atom. The number of hydrogen-bond acceptors (Lipinski definition) is 3. The number of ether oxygens (including phenoxy) is 1. The van der Waals surface area contributed by atoms with E-state index in [0.717, 1.165) is 36.4 Å². The minimum absolute atomic E-state index is 0.123. The molecule has 0 amide bonds. The topological polar surface area (TPSA) is 24.5 Å². The lowest BCUT2D eigenvalue weighted by molar-refractivity contribution is 0.185. The molecule has 24 heavy (non-hydrogen) atoms. The molecule has 128 valence electrons. The van der Waals surface area contributed by atoms with Crippen LogP contribution >= 0.6 is 0 Å². The summed E-state index contributed by atoms with van der Waals surface area (Å²) >= 11 is 0. The van der Waals surface area contributed by atoms with Gasteiger partial charge in [0.05, 0.1) is 6.61 Å². The van der Waals surface area contributed by atoms with Gasteiger partial charge < -0.3 is 15.0 Å². The number of benzene rings is 2. The molecule has 1 N–H and O–H groups in total. The van der Waals surface area contributed by atoms with Crippen molar-refractivity contribution in [1.82, 2.24) is 5.32 Å². The summed E-state index contributed by atoms with van der Waals surface area (Å²) in [6.45, 7) is 3.94. The van der Waals surface area contributed by atoms with E-state index in [4.69, 9.17) is 4.74 Å². The van der Waals surface area contributed by atoms with Crippen molar-refractivity contribution in [3.63, 3.8) is 0 Å². The van der Waals surface area contributed by atoms with Crippen LogP contribution in [-0.4, -0.2) is 20.2 Å². The Labute approximate surface area is 143 Å². The lowest BCUT2D eigenvalue weighted by Crippen LogP contribution is -2.22. The van der Waals surface area contributed by atoms with Crippen molar-refractivity contribution < 1.29 is 9.13 Å². The van der Waals surface area contributed by atoms with Gasteiger partial charge >= 0.3 is 0 Å². The van der Waals surface area contributed by atoms with Crippen LogP contribution in [0.5, 0.6) is 0 Å². The maximum atomic E-state index is 14.3. The van der Waals surface area contributed by atoms with Crippen LogP contribution < -0.4 is 10.2 Å². The van der Waals surface area contributed by atoms with Gasteiger partial charge in [-0.3, -0.25) is 0 Å². The largest absolute Gasteiger partial charge is 0.380 e. The van der Waals surface area contributed by atoms with Gasteiger partial charge in [0.25, 0.3) is 0 Å². The van der Waals surface area contributed by atoms with Crippen LogP contribution in [-0.2, 0) is 24.4 Å². The van der Waals surface area contributed by atoms with Gasteiger partial charge in [-0.25, -0.2) is 4.39 Å². The van der Waals surface area contributed by atoms with E-state index in [1.807, 2.05) is 6.07 Å². The van der Waals surface area contributed by atoms with Gasteiger partial charge in [-0.15, -0.1) is 0 Å². The van der Waals surface area contributed by atoms with Crippen molar-refractivity contribution >= 4 is 5.69 Å². The molecule has 0 radical (unpaired) electrons. The highest BCUT2D eigenvalue weighted by atomic mass is 19.1. The zero-order chi connectivity index (χ0) is 16.8. The molecule has 0 aliphatic carbocycles. The van der Waals surface area contributed by atoms with Crippen molar-refractivity contribution in [3.05, 3.63) is 65.0 Å². The quantitative estimate of drug-likeness (QED) is 0.835. The number of nitrogens with one attached hydrogen (secondary N) is 1. The summed E-state index contributed by atoms with van der Waals surface area (Å²) in [4.78, 5) is 2.29. The van der Waals surface area contributed by atoms with Gasteiger partial charge in [-0.2, -0.15) is 0 Å². The Morgan fingerprint density at radius 1 is 1.00 bits per heavy atom. The van der Waals surface area contributed by atoms with Crippen molar-refractivity contribution in [2.24, 2.45) is 0 Å². The fraction of sp³-hybridized carbons (Fsp3) is 0.400. The molecule has 0 saturated carbocycles. The molecule has 0 spiro atoms. The van der Waals surface area contributed by atoms with Crippen molar-refractivity contribution in [3.8, 4) is 0 Å². The van der Waals surface area contributed by atoms with E-state index in [9.17, 15) is 4.39 Å². The number of anilines is 1. The lowest BCUT2D eigenvalue weighted by Gasteiger charge is -2.22. The van der Waals surface area contributed by atoms with Crippen LogP contribution in [0, 0.1) is 5.82 Å². The monoisotopic (exact) mass is 328 g/mol. The number of hydrogen-bond donors (Lipinski definition) is 1. The average Bonchev–Trinajstić information content (AvgIpc) is 3.12. The second-order valence-electron chi connectivity index (χ2n) is 6.28. The second-order valence-corrected chi connectivity index (χ2v) is 6.28. The SMILES string of the molecule is COCc1ccc(CNCc2c(F)cccc2N2CCCC2)cc1. The summed E-state index contributed by atoms with van der Waals surface area (Å²) in [6.07, 6.45) is 2.38. The van der Waals surface area contributed by atoms with Crippen molar-refractivity contribution in [1.29, 1.82) is 0 Å². The van der Waals surface area contributed by atoms with E-state index in [2.05, 4.69) is 34.5 Å². The predicted molar refractivity (Wildman–Crippen MR) is 95.5 cm³/mol. The Bertz CT molecular complexity index is 651. The molecule has 1 saturated heterocycles. The smallest absolute Gasteiger partial charge is 0.129 e. The summed E-state index contributed by atoms with van der Waals surface area (Å²) in [5.74, 6) is -0.123. The zero-order valence-electron chi connectivity index (χ0n) is 14.2. The Balaban J connectivity index is 1.62. The molecular weight excluding hydrogens is 303 g/mol. The minimum Gasteiger partial charge on any atom is -0.380 e. The molecule has 3 nitrogen and oxygen atoms in total. The molecule has 1 fully saturated rings. The highest BCUT2D eigenvalue weighted by Gasteiger charge is 2.17. The molecule has 0 bridgehead atoms. The Morgan fingerprint density at radius 3 is 2.42 bits per heavy atom. The normalized spacial score (nSPS) is 14.3. The summed E-state index contributed by atoms with van der Waals surface area (Å²) in [5, 5.41) is 3.38. The third-order valence-corrected chi connectivity index (χ3v) is 4.51. The fourth-order valence-electron chi connectivity index (χ4n) is 3.23. The van der Waals surface area contributed by atoms with Crippen LogP contribution in [0.25, 0.3) is 0 Å². The summed E-state index contributed by atoms with van der Waals surface area (Å²) in [5.41, 5.74) is 4.16. The summed E-state index contributed by atoms with van der Waals surface area (Å²) < 4.78 is 19.4. The van der Waals surface area contributed by atoms with Gasteiger partial charge in [-0.1, -0.05) is 30.3 Å². The first-order valence-electron chi connectivity index (χ1n) is 8.58. The standard InChI is InChI=1S/C20H25FN2O/c1-24-15-17-9-7-16(8-10-17)13-22-14-18-19(21)5-4-6-20(18)23-11-2-3-12-23/h4-10,22H,2-3,11-15H2,1H3. The van der Waals surface area contributed by atoms with Crippen molar-refractivity contribution in [2.45, 2.75) is 32.5 Å². The van der Waals surface area contributed by atoms with Gasteiger partial charge in [0.15, 0.2) is 0 Å². The molecule has 1 heterocycles. The first-order valence-corrected chi connectivity index (χ1v) is 8.58. The van der Waals surface area contributed by atoms with E-state index in [0.29, 0.717) is 13.2 Å². The number of nitrogens with zero attached hydrogens (tertiary/aromatic N) is 1. The second kappa shape index (κ2) is 8.27. The maximum absolute atomic E-state index is 14.3. The van der Waals surface area contributed by atoms with Gasteiger partial charge in [-0.05, 0) is 36.1 Å². The molecule has 0 unspecified atom stereocenters. The van der Waals surface area contributed by atoms with E-state index >= 15 is 0 Å². The fourth-order valence-corrected chi connectivity index (χ4v) is 3.23. The van der Waals surface area contributed by atoms with Crippen LogP contribution in [0.3, 0.4) is 0 Å². The molecule has 4 heteroatoms. The third-order valence-electron chi connectivity index (χ3n) is 4.51. The first-order chi connectivity index (χ1) is 11.8. The highest BCUT2D eigenvalue weighted by Crippen LogP contribution is 2.26. The van der Waals surface area contributed by atoms with Gasteiger partial charge in [0, 0.05) is 44.5 Å². The van der Waals surface area contributed by atoms with E-state index in [1.165, 1.54) is 18.4 Å². The molecule has 3 rings (SSSR count). The van der Waals surface area contributed by atoms with Gasteiger partial charge in [0.2, 0.25) is 0 Å². The molecule has 0 aromatic heterocycles. The Kier molecular flexibility index (Phi) is 5.83. The van der Waals surface area contributed by atoms with Crippen LogP contribution in [0.15, 0.2) is 42.5 Å². The van der Waals surface area contributed by atoms with Crippen LogP contribution in [0.4, 0.5) is 10.1 Å². The summed E-state index contributed by atoms with van der Waals surface area (Å²) in [6, 6.07) is 13.7. The Hall–Kier alpha value is -1.91. The van der Waals surface area contributed by atoms with E-state index in [1.54, 1.807) is 19.2 Å². The van der Waals surface area contributed by atoms with Crippen LogP contribution in [0.1, 0.15) is 29.5 Å². The van der Waals surface area contributed by atoms with E-state index < -0.39 is 0 Å². The zero-order valence-corrected chi connectivity index (χ0v) is 14.2.